The number of hydrogen-bond donors (Lipinski definition) is 1. The summed E-state index contributed by atoms with van der Waals surface area (Å²) in [5.41, 5.74) is 2.09. The summed E-state index contributed by atoms with van der Waals surface area (Å²) in [4.78, 5) is 20.1. The normalized spacial score (nSPS) is 13.4. The van der Waals surface area contributed by atoms with Gasteiger partial charge in [0.05, 0.1) is 12.5 Å². The maximum Gasteiger partial charge on any atom is 0.264 e. The highest BCUT2D eigenvalue weighted by atomic mass is 32.1. The van der Waals surface area contributed by atoms with E-state index in [1.165, 1.54) is 16.9 Å². The van der Waals surface area contributed by atoms with Crippen molar-refractivity contribution in [1.29, 1.82) is 0 Å². The molecule has 0 radical (unpaired) electrons. The zero-order valence-electron chi connectivity index (χ0n) is 14.7. The molecule has 0 spiro atoms. The maximum absolute atomic E-state index is 13.2. The Labute approximate surface area is 156 Å². The molecule has 1 aromatic carbocycles. The Kier molecular flexibility index (Phi) is 4.51. The molecule has 4 rings (SSSR count). The Morgan fingerprint density at radius 2 is 2.08 bits per heavy atom. The molecule has 0 fully saturated rings. The van der Waals surface area contributed by atoms with Gasteiger partial charge in [0.25, 0.3) is 5.56 Å². The van der Waals surface area contributed by atoms with E-state index in [2.05, 4.69) is 11.9 Å². The van der Waals surface area contributed by atoms with Crippen LogP contribution in [0.25, 0.3) is 10.2 Å². The van der Waals surface area contributed by atoms with Crippen molar-refractivity contribution >= 4 is 33.2 Å². The van der Waals surface area contributed by atoms with Gasteiger partial charge in [-0.25, -0.2) is 4.98 Å². The zero-order valence-corrected chi connectivity index (χ0v) is 15.6. The van der Waals surface area contributed by atoms with Crippen LogP contribution in [0.1, 0.15) is 23.3 Å². The number of nitrogens with zero attached hydrogens (tertiary/aromatic N) is 2. The number of hydrogen-bond acceptors (Lipinski definition) is 5. The van der Waals surface area contributed by atoms with E-state index in [-0.39, 0.29) is 5.56 Å². The lowest BCUT2D eigenvalue weighted by molar-refractivity contribution is 0.415. The summed E-state index contributed by atoms with van der Waals surface area (Å²) in [7, 11) is 1.64. The number of fused-ring (bicyclic) bond motifs is 3. The summed E-state index contributed by atoms with van der Waals surface area (Å²) in [6.07, 6.45) is 6.10. The van der Waals surface area contributed by atoms with Crippen LogP contribution in [-0.2, 0) is 19.4 Å². The molecule has 0 saturated heterocycles. The van der Waals surface area contributed by atoms with Gasteiger partial charge in [-0.2, -0.15) is 0 Å². The van der Waals surface area contributed by atoms with Gasteiger partial charge in [0.1, 0.15) is 10.6 Å². The van der Waals surface area contributed by atoms with E-state index in [0.717, 1.165) is 40.9 Å². The van der Waals surface area contributed by atoms with Crippen LogP contribution in [0.2, 0.25) is 0 Å². The van der Waals surface area contributed by atoms with Crippen LogP contribution in [0.15, 0.2) is 41.7 Å². The van der Waals surface area contributed by atoms with Crippen molar-refractivity contribution in [2.24, 2.45) is 0 Å². The van der Waals surface area contributed by atoms with Crippen molar-refractivity contribution in [3.05, 3.63) is 57.7 Å². The number of rotatable bonds is 5. The molecule has 1 aliphatic rings. The third kappa shape index (κ3) is 2.90. The molecular formula is C20H21N3O2S. The molecule has 0 saturated carbocycles. The molecule has 2 heterocycles. The maximum atomic E-state index is 13.2. The molecule has 1 N–H and O–H groups in total. The van der Waals surface area contributed by atoms with Gasteiger partial charge in [0.2, 0.25) is 5.95 Å². The van der Waals surface area contributed by atoms with Crippen molar-refractivity contribution < 1.29 is 4.74 Å². The Balaban J connectivity index is 1.83. The number of thiophene rings is 1. The van der Waals surface area contributed by atoms with Crippen LogP contribution in [0, 0.1) is 0 Å². The minimum atomic E-state index is 0.0188. The Hall–Kier alpha value is -2.60. The third-order valence-electron chi connectivity index (χ3n) is 4.73. The fraction of sp³-hybridized carbons (Fsp3) is 0.300. The van der Waals surface area contributed by atoms with Crippen LogP contribution >= 0.6 is 11.3 Å². The standard InChI is InChI=1S/C20H21N3O2S/c1-3-12-23-19(24)17-15-6-4-5-7-16(15)26-18(17)22-20(23)21-13-8-10-14(25-2)11-9-13/h3,8-11H,1,4-7,12H2,2H3,(H,21,22). The molecule has 2 aromatic heterocycles. The molecule has 134 valence electrons. The first-order chi connectivity index (χ1) is 12.7. The Morgan fingerprint density at radius 1 is 1.31 bits per heavy atom. The number of aryl methyl sites for hydroxylation is 2. The van der Waals surface area contributed by atoms with Crippen molar-refractivity contribution in [1.82, 2.24) is 9.55 Å². The number of aromatic nitrogens is 2. The van der Waals surface area contributed by atoms with Gasteiger partial charge in [0.15, 0.2) is 0 Å². The average molecular weight is 367 g/mol. The first-order valence-corrected chi connectivity index (χ1v) is 9.60. The number of allylic oxidation sites excluding steroid dienone is 1. The third-order valence-corrected chi connectivity index (χ3v) is 5.92. The topological polar surface area (TPSA) is 56.1 Å². The predicted molar refractivity (Wildman–Crippen MR) is 107 cm³/mol. The Morgan fingerprint density at radius 3 is 2.81 bits per heavy atom. The molecule has 0 aliphatic heterocycles. The van der Waals surface area contributed by atoms with Gasteiger partial charge in [-0.15, -0.1) is 17.9 Å². The van der Waals surface area contributed by atoms with E-state index in [1.54, 1.807) is 29.1 Å². The fourth-order valence-electron chi connectivity index (χ4n) is 3.44. The number of benzene rings is 1. The average Bonchev–Trinajstić information content (AvgIpc) is 3.04. The van der Waals surface area contributed by atoms with Crippen LogP contribution in [0.3, 0.4) is 0 Å². The summed E-state index contributed by atoms with van der Waals surface area (Å²) >= 11 is 1.66. The minimum Gasteiger partial charge on any atom is -0.497 e. The Bertz CT molecular complexity index is 1020. The van der Waals surface area contributed by atoms with E-state index in [1.807, 2.05) is 24.3 Å². The van der Waals surface area contributed by atoms with E-state index >= 15 is 0 Å². The molecule has 0 unspecified atom stereocenters. The van der Waals surface area contributed by atoms with Gasteiger partial charge in [0, 0.05) is 17.1 Å². The van der Waals surface area contributed by atoms with Crippen molar-refractivity contribution in [2.45, 2.75) is 32.2 Å². The summed E-state index contributed by atoms with van der Waals surface area (Å²) < 4.78 is 6.86. The summed E-state index contributed by atoms with van der Waals surface area (Å²) in [6, 6.07) is 7.57. The fourth-order valence-corrected chi connectivity index (χ4v) is 4.69. The number of methoxy groups -OCH3 is 1. The molecule has 3 aromatic rings. The zero-order chi connectivity index (χ0) is 18.1. The van der Waals surface area contributed by atoms with Crippen LogP contribution in [0.5, 0.6) is 5.75 Å². The van der Waals surface area contributed by atoms with Gasteiger partial charge >= 0.3 is 0 Å². The molecule has 0 amide bonds. The second kappa shape index (κ2) is 6.96. The number of ether oxygens (including phenoxy) is 1. The van der Waals surface area contributed by atoms with Gasteiger partial charge in [-0.1, -0.05) is 6.08 Å². The van der Waals surface area contributed by atoms with Crippen molar-refractivity contribution in [2.75, 3.05) is 12.4 Å². The van der Waals surface area contributed by atoms with E-state index in [4.69, 9.17) is 9.72 Å². The molecule has 5 nitrogen and oxygen atoms in total. The van der Waals surface area contributed by atoms with Crippen LogP contribution in [-0.4, -0.2) is 16.7 Å². The van der Waals surface area contributed by atoms with E-state index in [9.17, 15) is 4.79 Å². The van der Waals surface area contributed by atoms with Gasteiger partial charge in [-0.05, 0) is 55.5 Å². The largest absolute Gasteiger partial charge is 0.497 e. The lowest BCUT2D eigenvalue weighted by Gasteiger charge is -2.14. The van der Waals surface area contributed by atoms with Gasteiger partial charge < -0.3 is 10.1 Å². The molecule has 6 heteroatoms. The van der Waals surface area contributed by atoms with Crippen LogP contribution in [0.4, 0.5) is 11.6 Å². The first kappa shape index (κ1) is 16.8. The minimum absolute atomic E-state index is 0.0188. The van der Waals surface area contributed by atoms with E-state index in [0.29, 0.717) is 12.5 Å². The van der Waals surface area contributed by atoms with Gasteiger partial charge in [-0.3, -0.25) is 9.36 Å². The van der Waals surface area contributed by atoms with E-state index < -0.39 is 0 Å². The monoisotopic (exact) mass is 367 g/mol. The molecule has 0 bridgehead atoms. The number of nitrogens with one attached hydrogen (secondary N) is 1. The second-order valence-corrected chi connectivity index (χ2v) is 7.47. The summed E-state index contributed by atoms with van der Waals surface area (Å²) in [5.74, 6) is 1.33. The highest BCUT2D eigenvalue weighted by Crippen LogP contribution is 2.34. The SMILES string of the molecule is C=CCn1c(Nc2ccc(OC)cc2)nc2sc3c(c2c1=O)CCCC3. The first-order valence-electron chi connectivity index (χ1n) is 8.78. The van der Waals surface area contributed by atoms with Crippen LogP contribution < -0.4 is 15.6 Å². The lowest BCUT2D eigenvalue weighted by Crippen LogP contribution is -2.24. The molecule has 1 aliphatic carbocycles. The number of anilines is 2. The molecule has 26 heavy (non-hydrogen) atoms. The second-order valence-electron chi connectivity index (χ2n) is 6.38. The van der Waals surface area contributed by atoms with Crippen molar-refractivity contribution in [3.8, 4) is 5.75 Å². The van der Waals surface area contributed by atoms with Crippen molar-refractivity contribution in [3.63, 3.8) is 0 Å². The molecular weight excluding hydrogens is 346 g/mol. The summed E-state index contributed by atoms with van der Waals surface area (Å²) in [5, 5.41) is 4.08. The smallest absolute Gasteiger partial charge is 0.264 e. The summed E-state index contributed by atoms with van der Waals surface area (Å²) in [6.45, 7) is 4.22. The highest BCUT2D eigenvalue weighted by molar-refractivity contribution is 7.18. The lowest BCUT2D eigenvalue weighted by atomic mass is 9.97. The molecule has 0 atom stereocenters. The quantitative estimate of drug-likeness (QED) is 0.684. The predicted octanol–water partition coefficient (Wildman–Crippen LogP) is 4.28. The highest BCUT2D eigenvalue weighted by Gasteiger charge is 2.21.